The van der Waals surface area contributed by atoms with Crippen LogP contribution in [-0.4, -0.2) is 52.4 Å². The van der Waals surface area contributed by atoms with Gasteiger partial charge in [-0.05, 0) is 29.5 Å². The number of hydrogen-bond donors (Lipinski definition) is 2. The van der Waals surface area contributed by atoms with Crippen molar-refractivity contribution in [3.63, 3.8) is 0 Å². The minimum Gasteiger partial charge on any atom is -0.481 e. The molecule has 0 saturated carbocycles. The summed E-state index contributed by atoms with van der Waals surface area (Å²) in [5.74, 6) is -3.04. The normalized spacial score (nSPS) is 22.6. The number of piperidine rings is 1. The number of ether oxygens (including phenoxy) is 1. The molecule has 2 aromatic carbocycles. The topological polar surface area (TPSA) is 113 Å². The molecular weight excluding hydrogens is 436 g/mol. The van der Waals surface area contributed by atoms with Crippen LogP contribution in [0.5, 0.6) is 0 Å². The molecule has 2 aromatic rings. The molecule has 0 spiro atoms. The van der Waals surface area contributed by atoms with E-state index < -0.39 is 35.9 Å². The number of carboxylic acids is 1. The molecule has 2 amide bonds. The number of amides is 2. The quantitative estimate of drug-likeness (QED) is 0.634. The molecule has 8 heteroatoms. The molecule has 2 N–H and O–H groups in total. The van der Waals surface area contributed by atoms with Crippen molar-refractivity contribution in [1.82, 2.24) is 10.2 Å². The van der Waals surface area contributed by atoms with Crippen LogP contribution in [0.3, 0.4) is 0 Å². The van der Waals surface area contributed by atoms with Crippen molar-refractivity contribution in [1.29, 1.82) is 0 Å². The molecule has 2 aliphatic rings. The summed E-state index contributed by atoms with van der Waals surface area (Å²) < 4.78 is 5.30. The van der Waals surface area contributed by atoms with Gasteiger partial charge in [0, 0.05) is 26.3 Å². The maximum atomic E-state index is 13.6. The highest BCUT2D eigenvalue weighted by Crippen LogP contribution is 2.38. The fraction of sp³-hybridized carbons (Fsp3) is 0.385. The zero-order valence-electron chi connectivity index (χ0n) is 19.0. The summed E-state index contributed by atoms with van der Waals surface area (Å²) in [6, 6.07) is 15.8. The second-order valence-corrected chi connectivity index (χ2v) is 8.87. The van der Waals surface area contributed by atoms with Gasteiger partial charge < -0.3 is 20.1 Å². The monoisotopic (exact) mass is 464 g/mol. The highest BCUT2D eigenvalue weighted by Gasteiger charge is 2.42. The van der Waals surface area contributed by atoms with Gasteiger partial charge in [-0.1, -0.05) is 54.6 Å². The highest BCUT2D eigenvalue weighted by molar-refractivity contribution is 5.91. The molecule has 2 heterocycles. The maximum Gasteiger partial charge on any atom is 0.308 e. The summed E-state index contributed by atoms with van der Waals surface area (Å²) in [4.78, 5) is 51.7. The molecule has 34 heavy (non-hydrogen) atoms. The number of fused-ring (bicyclic) bond motifs is 3. The van der Waals surface area contributed by atoms with Gasteiger partial charge >= 0.3 is 11.9 Å². The van der Waals surface area contributed by atoms with Gasteiger partial charge in [-0.25, -0.2) is 0 Å². The fourth-order valence-corrected chi connectivity index (χ4v) is 4.89. The van der Waals surface area contributed by atoms with E-state index >= 15 is 0 Å². The number of nitrogens with zero attached hydrogens (tertiary/aromatic N) is 1. The van der Waals surface area contributed by atoms with E-state index in [2.05, 4.69) is 5.32 Å². The molecule has 0 unspecified atom stereocenters. The predicted octanol–water partition coefficient (Wildman–Crippen LogP) is 2.27. The summed E-state index contributed by atoms with van der Waals surface area (Å²) in [6.45, 7) is 1.33. The number of aliphatic carboxylic acids is 1. The van der Waals surface area contributed by atoms with E-state index in [1.807, 2.05) is 54.6 Å². The van der Waals surface area contributed by atoms with E-state index in [0.717, 1.165) is 16.7 Å². The van der Waals surface area contributed by atoms with Crippen molar-refractivity contribution in [2.24, 2.45) is 5.92 Å². The number of esters is 1. The Morgan fingerprint density at radius 1 is 1.09 bits per heavy atom. The lowest BCUT2D eigenvalue weighted by atomic mass is 9.88. The van der Waals surface area contributed by atoms with E-state index in [1.54, 1.807) is 4.90 Å². The third kappa shape index (κ3) is 5.11. The minimum atomic E-state index is -1.09. The SMILES string of the molecule is CC(=O)O[C@H](Cc1ccccc1)C(=O)N[C@H]1Cc2ccccc2[C@H]2CC[C@H](C(=O)O)CN2C1=O. The summed E-state index contributed by atoms with van der Waals surface area (Å²) in [7, 11) is 0. The van der Waals surface area contributed by atoms with Gasteiger partial charge in [0.1, 0.15) is 6.04 Å². The Morgan fingerprint density at radius 3 is 2.50 bits per heavy atom. The molecule has 0 bridgehead atoms. The molecule has 2 aliphatic heterocycles. The Labute approximate surface area is 197 Å². The lowest BCUT2D eigenvalue weighted by Crippen LogP contribution is -2.54. The lowest BCUT2D eigenvalue weighted by Gasteiger charge is -2.39. The van der Waals surface area contributed by atoms with Crippen LogP contribution >= 0.6 is 0 Å². The number of carbonyl (C=O) groups is 4. The third-order valence-electron chi connectivity index (χ3n) is 6.53. The first-order valence-electron chi connectivity index (χ1n) is 11.5. The summed E-state index contributed by atoms with van der Waals surface area (Å²) in [5.41, 5.74) is 2.74. The Hall–Kier alpha value is -3.68. The molecule has 0 aromatic heterocycles. The smallest absolute Gasteiger partial charge is 0.308 e. The minimum absolute atomic E-state index is 0.0942. The molecule has 0 aliphatic carbocycles. The van der Waals surface area contributed by atoms with Gasteiger partial charge in [-0.15, -0.1) is 0 Å². The molecule has 1 saturated heterocycles. The standard InChI is InChI=1S/C26H28N2O6/c1-16(29)34-23(13-17-7-3-2-4-8-17)24(30)27-21-14-18-9-5-6-10-20(18)22-12-11-19(26(32)33)15-28(22)25(21)31/h2-10,19,21-23H,11-15H2,1H3,(H,27,30)(H,32,33)/t19-,21-,22+,23+/m0/s1. The first-order valence-corrected chi connectivity index (χ1v) is 11.5. The van der Waals surface area contributed by atoms with Crippen LogP contribution in [0.15, 0.2) is 54.6 Å². The zero-order valence-corrected chi connectivity index (χ0v) is 19.0. The van der Waals surface area contributed by atoms with E-state index in [9.17, 15) is 24.3 Å². The van der Waals surface area contributed by atoms with Gasteiger partial charge in [0.15, 0.2) is 6.10 Å². The van der Waals surface area contributed by atoms with Crippen molar-refractivity contribution >= 4 is 23.8 Å². The third-order valence-corrected chi connectivity index (χ3v) is 6.53. The van der Waals surface area contributed by atoms with Gasteiger partial charge in [-0.3, -0.25) is 19.2 Å². The Morgan fingerprint density at radius 2 is 1.79 bits per heavy atom. The molecular formula is C26H28N2O6. The van der Waals surface area contributed by atoms with Gasteiger partial charge in [-0.2, -0.15) is 0 Å². The van der Waals surface area contributed by atoms with Crippen molar-refractivity contribution < 1.29 is 29.0 Å². The van der Waals surface area contributed by atoms with Gasteiger partial charge in [0.2, 0.25) is 5.91 Å². The molecule has 4 rings (SSSR count). The maximum absolute atomic E-state index is 13.6. The lowest BCUT2D eigenvalue weighted by molar-refractivity contribution is -0.155. The largest absolute Gasteiger partial charge is 0.481 e. The Kier molecular flexibility index (Phi) is 6.95. The van der Waals surface area contributed by atoms with Crippen molar-refractivity contribution in [3.05, 3.63) is 71.3 Å². The van der Waals surface area contributed by atoms with Crippen LogP contribution in [0.25, 0.3) is 0 Å². The molecule has 178 valence electrons. The summed E-state index contributed by atoms with van der Waals surface area (Å²) in [6.07, 6.45) is 0.404. The van der Waals surface area contributed by atoms with Crippen molar-refractivity contribution in [2.75, 3.05) is 6.54 Å². The first kappa shape index (κ1) is 23.5. The van der Waals surface area contributed by atoms with Crippen molar-refractivity contribution in [2.45, 2.75) is 50.8 Å². The van der Waals surface area contributed by atoms with Gasteiger partial charge in [0.05, 0.1) is 12.0 Å². The number of carbonyl (C=O) groups excluding carboxylic acids is 3. The Bertz CT molecular complexity index is 1090. The number of carboxylic acid groups (broad SMARTS) is 1. The zero-order chi connectivity index (χ0) is 24.2. The average Bonchev–Trinajstić information content (AvgIpc) is 2.93. The number of rotatable bonds is 6. The average molecular weight is 465 g/mol. The Balaban J connectivity index is 1.59. The van der Waals surface area contributed by atoms with Crippen LogP contribution in [-0.2, 0) is 36.8 Å². The second kappa shape index (κ2) is 10.1. The van der Waals surface area contributed by atoms with E-state index in [0.29, 0.717) is 12.8 Å². The predicted molar refractivity (Wildman–Crippen MR) is 123 cm³/mol. The van der Waals surface area contributed by atoms with Gasteiger partial charge in [0.25, 0.3) is 5.91 Å². The first-order chi connectivity index (χ1) is 16.3. The van der Waals surface area contributed by atoms with Crippen LogP contribution in [0.2, 0.25) is 0 Å². The van der Waals surface area contributed by atoms with Crippen LogP contribution < -0.4 is 5.32 Å². The molecule has 1 fully saturated rings. The number of hydrogen-bond acceptors (Lipinski definition) is 5. The highest BCUT2D eigenvalue weighted by atomic mass is 16.5. The van der Waals surface area contributed by atoms with E-state index in [4.69, 9.17) is 4.74 Å². The van der Waals surface area contributed by atoms with E-state index in [1.165, 1.54) is 6.92 Å². The van der Waals surface area contributed by atoms with Crippen LogP contribution in [0, 0.1) is 5.92 Å². The second-order valence-electron chi connectivity index (χ2n) is 8.87. The van der Waals surface area contributed by atoms with Crippen LogP contribution in [0.1, 0.15) is 42.5 Å². The molecule has 0 radical (unpaired) electrons. The molecule has 4 atom stereocenters. The number of benzene rings is 2. The van der Waals surface area contributed by atoms with Crippen molar-refractivity contribution in [3.8, 4) is 0 Å². The number of nitrogens with one attached hydrogen (secondary N) is 1. The fourth-order valence-electron chi connectivity index (χ4n) is 4.89. The summed E-state index contributed by atoms with van der Waals surface area (Å²) in [5, 5.41) is 12.3. The van der Waals surface area contributed by atoms with E-state index in [-0.39, 0.29) is 31.3 Å². The van der Waals surface area contributed by atoms with Crippen LogP contribution in [0.4, 0.5) is 0 Å². The molecule has 8 nitrogen and oxygen atoms in total. The summed E-state index contributed by atoms with van der Waals surface area (Å²) >= 11 is 0.